The molecule has 0 unspecified atom stereocenters. The average molecular weight is 401 g/mol. The highest BCUT2D eigenvalue weighted by atomic mass is 19.4. The smallest absolute Gasteiger partial charge is 0.407 e. The van der Waals surface area contributed by atoms with Crippen LogP contribution in [0, 0.1) is 13.5 Å². The Morgan fingerprint density at radius 3 is 2.66 bits per heavy atom. The lowest BCUT2D eigenvalue weighted by molar-refractivity contribution is -0.136. The minimum atomic E-state index is -4.82. The molecule has 3 rings (SSSR count). The molecular weight excluding hydrogens is 383 g/mol. The zero-order valence-corrected chi connectivity index (χ0v) is 15.9. The predicted octanol–water partition coefficient (Wildman–Crippen LogP) is 5.38. The average Bonchev–Trinajstić information content (AvgIpc) is 3.09. The second kappa shape index (κ2) is 7.95. The number of benzene rings is 1. The summed E-state index contributed by atoms with van der Waals surface area (Å²) in [6.45, 7) is 10.8. The molecule has 1 aromatic carbocycles. The number of hydrogen-bond donors (Lipinski definition) is 0. The van der Waals surface area contributed by atoms with E-state index in [1.165, 1.54) is 6.26 Å². The van der Waals surface area contributed by atoms with Gasteiger partial charge in [0.2, 0.25) is 0 Å². The van der Waals surface area contributed by atoms with Crippen LogP contribution in [0.15, 0.2) is 45.8 Å². The molecule has 0 radical (unpaired) electrons. The van der Waals surface area contributed by atoms with E-state index in [0.717, 1.165) is 22.6 Å². The van der Waals surface area contributed by atoms with E-state index in [2.05, 4.69) is 9.83 Å². The summed E-state index contributed by atoms with van der Waals surface area (Å²) in [6.07, 6.45) is -2.01. The van der Waals surface area contributed by atoms with Crippen LogP contribution in [0.25, 0.3) is 16.1 Å². The van der Waals surface area contributed by atoms with E-state index in [0.29, 0.717) is 23.6 Å². The molecule has 0 bridgehead atoms. The molecule has 3 aromatic rings. The van der Waals surface area contributed by atoms with Crippen LogP contribution in [0.3, 0.4) is 0 Å². The fraction of sp³-hybridized carbons (Fsp3) is 0.286. The third-order valence-corrected chi connectivity index (χ3v) is 4.39. The number of nitrogens with zero attached hydrogens (tertiary/aromatic N) is 3. The SMILES string of the molecule is [C-]#[N+]c1c(C(F)(F)F)cc(-c2cccc(C)c2)n(Cc2coc(CCC)n2)c1=O. The molecule has 29 heavy (non-hydrogen) atoms. The van der Waals surface area contributed by atoms with Gasteiger partial charge < -0.3 is 8.98 Å². The van der Waals surface area contributed by atoms with Crippen LogP contribution in [0.1, 0.15) is 36.1 Å². The Balaban J connectivity index is 2.24. The van der Waals surface area contributed by atoms with Crippen LogP contribution < -0.4 is 5.56 Å². The summed E-state index contributed by atoms with van der Waals surface area (Å²) in [6, 6.07) is 7.68. The van der Waals surface area contributed by atoms with Gasteiger partial charge in [0.1, 0.15) is 6.26 Å². The Hall–Kier alpha value is -3.34. The lowest BCUT2D eigenvalue weighted by Crippen LogP contribution is -2.25. The second-order valence-electron chi connectivity index (χ2n) is 6.64. The summed E-state index contributed by atoms with van der Waals surface area (Å²) in [5.74, 6) is 0.491. The molecule has 0 atom stereocenters. The highest BCUT2D eigenvalue weighted by Crippen LogP contribution is 2.37. The van der Waals surface area contributed by atoms with Crippen molar-refractivity contribution in [2.24, 2.45) is 0 Å². The third-order valence-electron chi connectivity index (χ3n) is 4.39. The fourth-order valence-corrected chi connectivity index (χ4v) is 3.07. The van der Waals surface area contributed by atoms with Gasteiger partial charge in [-0.3, -0.25) is 4.79 Å². The van der Waals surface area contributed by atoms with E-state index in [4.69, 9.17) is 11.0 Å². The first kappa shape index (κ1) is 20.4. The molecule has 0 N–H and O–H groups in total. The molecule has 150 valence electrons. The summed E-state index contributed by atoms with van der Waals surface area (Å²) in [5, 5.41) is 0. The first-order valence-electron chi connectivity index (χ1n) is 8.97. The van der Waals surface area contributed by atoms with Gasteiger partial charge in [0, 0.05) is 12.1 Å². The van der Waals surface area contributed by atoms with Gasteiger partial charge in [-0.1, -0.05) is 30.7 Å². The number of halogens is 3. The molecule has 0 spiro atoms. The van der Waals surface area contributed by atoms with Crippen LogP contribution in [0.5, 0.6) is 0 Å². The van der Waals surface area contributed by atoms with Gasteiger partial charge >= 0.3 is 6.18 Å². The Morgan fingerprint density at radius 2 is 2.03 bits per heavy atom. The topological polar surface area (TPSA) is 52.4 Å². The van der Waals surface area contributed by atoms with Crippen molar-refractivity contribution in [2.75, 3.05) is 0 Å². The molecule has 0 amide bonds. The molecule has 0 fully saturated rings. The summed E-state index contributed by atoms with van der Waals surface area (Å²) in [4.78, 5) is 20.0. The zero-order valence-electron chi connectivity index (χ0n) is 15.9. The summed E-state index contributed by atoms with van der Waals surface area (Å²) in [7, 11) is 0. The quantitative estimate of drug-likeness (QED) is 0.539. The van der Waals surface area contributed by atoms with Crippen LogP contribution >= 0.6 is 0 Å². The lowest BCUT2D eigenvalue weighted by atomic mass is 10.0. The molecule has 8 heteroatoms. The van der Waals surface area contributed by atoms with Gasteiger partial charge in [0.05, 0.1) is 24.4 Å². The largest absolute Gasteiger partial charge is 0.449 e. The molecular formula is C21H18F3N3O2. The number of pyridine rings is 1. The van der Waals surface area contributed by atoms with Crippen molar-refractivity contribution in [3.8, 4) is 11.3 Å². The van der Waals surface area contributed by atoms with E-state index < -0.39 is 23.0 Å². The normalized spacial score (nSPS) is 11.4. The monoisotopic (exact) mass is 401 g/mol. The lowest BCUT2D eigenvalue weighted by Gasteiger charge is -2.17. The Labute approximate surface area is 165 Å². The van der Waals surface area contributed by atoms with Crippen molar-refractivity contribution < 1.29 is 17.6 Å². The highest BCUT2D eigenvalue weighted by molar-refractivity contribution is 5.66. The van der Waals surface area contributed by atoms with Crippen molar-refractivity contribution in [3.63, 3.8) is 0 Å². The molecule has 0 aliphatic rings. The minimum Gasteiger partial charge on any atom is -0.449 e. The fourth-order valence-electron chi connectivity index (χ4n) is 3.07. The van der Waals surface area contributed by atoms with E-state index in [-0.39, 0.29) is 12.2 Å². The van der Waals surface area contributed by atoms with E-state index >= 15 is 0 Å². The zero-order chi connectivity index (χ0) is 21.2. The van der Waals surface area contributed by atoms with Crippen molar-refractivity contribution >= 4 is 5.69 Å². The van der Waals surface area contributed by atoms with Crippen LogP contribution in [0.2, 0.25) is 0 Å². The number of aromatic nitrogens is 2. The summed E-state index contributed by atoms with van der Waals surface area (Å²) < 4.78 is 47.0. The van der Waals surface area contributed by atoms with Gasteiger partial charge in [-0.15, -0.1) is 0 Å². The van der Waals surface area contributed by atoms with Crippen molar-refractivity contribution in [2.45, 2.75) is 39.4 Å². The number of aryl methyl sites for hydroxylation is 2. The van der Waals surface area contributed by atoms with Gasteiger partial charge in [-0.2, -0.15) is 13.2 Å². The van der Waals surface area contributed by atoms with Crippen molar-refractivity contribution in [1.29, 1.82) is 0 Å². The molecule has 0 aliphatic carbocycles. The highest BCUT2D eigenvalue weighted by Gasteiger charge is 2.36. The number of oxazole rings is 1. The van der Waals surface area contributed by atoms with Crippen LogP contribution in [-0.4, -0.2) is 9.55 Å². The van der Waals surface area contributed by atoms with Gasteiger partial charge in [0.15, 0.2) is 5.89 Å². The molecule has 2 aromatic heterocycles. The molecule has 0 saturated heterocycles. The van der Waals surface area contributed by atoms with E-state index in [9.17, 15) is 18.0 Å². The Morgan fingerprint density at radius 1 is 1.28 bits per heavy atom. The Bertz CT molecular complexity index is 1140. The molecule has 2 heterocycles. The van der Waals surface area contributed by atoms with Crippen LogP contribution in [-0.2, 0) is 19.1 Å². The first-order valence-corrected chi connectivity index (χ1v) is 8.97. The van der Waals surface area contributed by atoms with Crippen LogP contribution in [0.4, 0.5) is 18.9 Å². The van der Waals surface area contributed by atoms with E-state index in [1.807, 2.05) is 6.92 Å². The van der Waals surface area contributed by atoms with Crippen molar-refractivity contribution in [1.82, 2.24) is 9.55 Å². The van der Waals surface area contributed by atoms with E-state index in [1.54, 1.807) is 31.2 Å². The molecule has 0 aliphatic heterocycles. The predicted molar refractivity (Wildman–Crippen MR) is 102 cm³/mol. The maximum Gasteiger partial charge on any atom is 0.407 e. The third kappa shape index (κ3) is 4.24. The van der Waals surface area contributed by atoms with Gasteiger partial charge in [0.25, 0.3) is 11.2 Å². The summed E-state index contributed by atoms with van der Waals surface area (Å²) >= 11 is 0. The van der Waals surface area contributed by atoms with Gasteiger partial charge in [-0.05, 0) is 31.0 Å². The maximum absolute atomic E-state index is 13.5. The number of hydrogen-bond acceptors (Lipinski definition) is 3. The van der Waals surface area contributed by atoms with Gasteiger partial charge in [-0.25, -0.2) is 9.83 Å². The standard InChI is InChI=1S/C21H18F3N3O2/c1-4-6-18-26-15(12-29-18)11-27-17(14-8-5-7-13(2)9-14)10-16(21(22,23)24)19(25-3)20(27)28/h5,7-10,12H,4,6,11H2,1-2H3. The molecule has 5 nitrogen and oxygen atoms in total. The Kier molecular flexibility index (Phi) is 5.59. The second-order valence-corrected chi connectivity index (χ2v) is 6.64. The van der Waals surface area contributed by atoms with Crippen molar-refractivity contribution in [3.05, 3.63) is 81.1 Å². The maximum atomic E-state index is 13.5. The number of rotatable bonds is 5. The number of alkyl halides is 3. The minimum absolute atomic E-state index is 0.0680. The molecule has 0 saturated carbocycles. The summed E-state index contributed by atoms with van der Waals surface area (Å²) in [5.41, 5.74) is -1.45. The first-order chi connectivity index (χ1) is 13.7.